The maximum Gasteiger partial charge on any atom is 0.277 e. The zero-order chi connectivity index (χ0) is 9.14. The van der Waals surface area contributed by atoms with Crippen LogP contribution in [-0.2, 0) is 0 Å². The minimum atomic E-state index is -0.540. The van der Waals surface area contributed by atoms with Crippen molar-refractivity contribution >= 4 is 5.91 Å². The first-order chi connectivity index (χ1) is 5.65. The molecule has 0 atom stereocenters. The fourth-order valence-corrected chi connectivity index (χ4v) is 0.802. The van der Waals surface area contributed by atoms with Gasteiger partial charge >= 0.3 is 0 Å². The Morgan fingerprint density at radius 2 is 2.42 bits per heavy atom. The largest absolute Gasteiger partial charge is 0.288 e. The lowest BCUT2D eigenvalue weighted by atomic mass is 10.3. The topological polar surface area (TPSA) is 67.2 Å². The second kappa shape index (κ2) is 3.36. The first kappa shape index (κ1) is 8.73. The van der Waals surface area contributed by atoms with Gasteiger partial charge in [-0.1, -0.05) is 0 Å². The lowest BCUT2D eigenvalue weighted by Gasteiger charge is -2.02. The van der Waals surface area contributed by atoms with Crippen LogP contribution in [0.2, 0.25) is 0 Å². The van der Waals surface area contributed by atoms with Crippen LogP contribution in [-0.4, -0.2) is 20.9 Å². The molecular formula is C7H11N3O2. The Morgan fingerprint density at radius 1 is 1.75 bits per heavy atom. The highest BCUT2D eigenvalue weighted by molar-refractivity contribution is 5.92. The highest BCUT2D eigenvalue weighted by atomic mass is 16.5. The Hall–Kier alpha value is -1.36. The van der Waals surface area contributed by atoms with E-state index in [9.17, 15) is 4.79 Å². The predicted molar refractivity (Wildman–Crippen MR) is 41.9 cm³/mol. The van der Waals surface area contributed by atoms with Gasteiger partial charge in [0.25, 0.3) is 5.91 Å². The molecule has 1 aromatic heterocycles. The number of aromatic nitrogens is 2. The lowest BCUT2D eigenvalue weighted by molar-refractivity contribution is 0.0706. The third kappa shape index (κ3) is 1.62. The number of carbonyl (C=O) groups excluding carboxylic acids is 1. The summed E-state index contributed by atoms with van der Waals surface area (Å²) in [6.07, 6.45) is 2.99. The van der Waals surface area contributed by atoms with Crippen molar-refractivity contribution in [2.45, 2.75) is 19.9 Å². The standard InChI is InChI=1S/C7H11N3O2/c1-5(2)10-4-6(3-8-10)7(11)9-12/h3-5,12H,1-2H3,(H,9,11). The van der Waals surface area contributed by atoms with Gasteiger partial charge in [-0.3, -0.25) is 14.7 Å². The molecule has 0 radical (unpaired) electrons. The average Bonchev–Trinajstić information content (AvgIpc) is 2.51. The highest BCUT2D eigenvalue weighted by Crippen LogP contribution is 2.04. The van der Waals surface area contributed by atoms with Crippen LogP contribution in [0.25, 0.3) is 0 Å². The summed E-state index contributed by atoms with van der Waals surface area (Å²) in [5.41, 5.74) is 1.89. The molecule has 0 aliphatic carbocycles. The van der Waals surface area contributed by atoms with Crippen molar-refractivity contribution in [1.82, 2.24) is 15.3 Å². The summed E-state index contributed by atoms with van der Waals surface area (Å²) < 4.78 is 1.64. The van der Waals surface area contributed by atoms with Gasteiger partial charge in [0.1, 0.15) is 0 Å². The highest BCUT2D eigenvalue weighted by Gasteiger charge is 2.07. The molecule has 5 heteroatoms. The molecule has 1 aromatic rings. The van der Waals surface area contributed by atoms with Crippen LogP contribution in [0.4, 0.5) is 0 Å². The van der Waals surface area contributed by atoms with Crippen molar-refractivity contribution in [3.05, 3.63) is 18.0 Å². The van der Waals surface area contributed by atoms with Gasteiger partial charge in [-0.05, 0) is 13.8 Å². The third-order valence-electron chi connectivity index (χ3n) is 1.49. The second-order valence-electron chi connectivity index (χ2n) is 2.74. The smallest absolute Gasteiger partial charge is 0.277 e. The van der Waals surface area contributed by atoms with Gasteiger partial charge in [-0.15, -0.1) is 0 Å². The maximum atomic E-state index is 10.8. The van der Waals surface area contributed by atoms with E-state index in [0.717, 1.165) is 0 Å². The lowest BCUT2D eigenvalue weighted by Crippen LogP contribution is -2.17. The SMILES string of the molecule is CC(C)n1cc(C(=O)NO)cn1. The first-order valence-electron chi connectivity index (χ1n) is 3.63. The van der Waals surface area contributed by atoms with E-state index >= 15 is 0 Å². The van der Waals surface area contributed by atoms with Crippen LogP contribution < -0.4 is 5.48 Å². The van der Waals surface area contributed by atoms with E-state index in [1.807, 2.05) is 13.8 Å². The molecular weight excluding hydrogens is 158 g/mol. The molecule has 0 aliphatic rings. The van der Waals surface area contributed by atoms with Crippen molar-refractivity contribution in [2.24, 2.45) is 0 Å². The molecule has 0 unspecified atom stereocenters. The molecule has 0 fully saturated rings. The summed E-state index contributed by atoms with van der Waals surface area (Å²) >= 11 is 0. The molecule has 12 heavy (non-hydrogen) atoms. The van der Waals surface area contributed by atoms with Gasteiger partial charge in [0.2, 0.25) is 0 Å². The minimum Gasteiger partial charge on any atom is -0.288 e. The van der Waals surface area contributed by atoms with E-state index in [4.69, 9.17) is 5.21 Å². The fraction of sp³-hybridized carbons (Fsp3) is 0.429. The summed E-state index contributed by atoms with van der Waals surface area (Å²) in [4.78, 5) is 10.8. The Labute approximate surface area is 70.0 Å². The molecule has 0 spiro atoms. The monoisotopic (exact) mass is 169 g/mol. The minimum absolute atomic E-state index is 0.213. The normalized spacial score (nSPS) is 10.3. The second-order valence-corrected chi connectivity index (χ2v) is 2.74. The molecule has 0 aliphatic heterocycles. The van der Waals surface area contributed by atoms with Crippen LogP contribution >= 0.6 is 0 Å². The average molecular weight is 169 g/mol. The molecule has 0 saturated heterocycles. The summed E-state index contributed by atoms with van der Waals surface area (Å²) in [5.74, 6) is -0.540. The summed E-state index contributed by atoms with van der Waals surface area (Å²) in [6, 6.07) is 0.213. The van der Waals surface area contributed by atoms with Crippen LogP contribution in [0.15, 0.2) is 12.4 Å². The summed E-state index contributed by atoms with van der Waals surface area (Å²) in [7, 11) is 0. The Bertz CT molecular complexity index is 280. The zero-order valence-electron chi connectivity index (χ0n) is 6.98. The van der Waals surface area contributed by atoms with Gasteiger partial charge in [0, 0.05) is 12.2 Å². The van der Waals surface area contributed by atoms with Gasteiger partial charge in [0.05, 0.1) is 11.8 Å². The van der Waals surface area contributed by atoms with Gasteiger partial charge in [-0.25, -0.2) is 5.48 Å². The summed E-state index contributed by atoms with van der Waals surface area (Å²) in [5, 5.41) is 12.2. The number of nitrogens with zero attached hydrogens (tertiary/aromatic N) is 2. The number of carbonyl (C=O) groups is 1. The Kier molecular flexibility index (Phi) is 2.44. The van der Waals surface area contributed by atoms with E-state index in [1.54, 1.807) is 16.4 Å². The number of rotatable bonds is 2. The number of hydrogen-bond donors (Lipinski definition) is 2. The Morgan fingerprint density at radius 3 is 2.83 bits per heavy atom. The van der Waals surface area contributed by atoms with Crippen LogP contribution in [0, 0.1) is 0 Å². The quantitative estimate of drug-likeness (QED) is 0.502. The molecule has 0 saturated carbocycles. The van der Waals surface area contributed by atoms with Crippen LogP contribution in [0.3, 0.4) is 0 Å². The molecule has 1 amide bonds. The molecule has 1 heterocycles. The Balaban J connectivity index is 2.84. The molecule has 0 aromatic carbocycles. The number of hydrogen-bond acceptors (Lipinski definition) is 3. The van der Waals surface area contributed by atoms with E-state index in [0.29, 0.717) is 5.56 Å². The van der Waals surface area contributed by atoms with Gasteiger partial charge < -0.3 is 0 Å². The van der Waals surface area contributed by atoms with Crippen LogP contribution in [0.5, 0.6) is 0 Å². The molecule has 1 rings (SSSR count). The first-order valence-corrected chi connectivity index (χ1v) is 3.63. The van der Waals surface area contributed by atoms with E-state index in [1.165, 1.54) is 6.20 Å². The van der Waals surface area contributed by atoms with Crippen molar-refractivity contribution in [1.29, 1.82) is 0 Å². The number of amides is 1. The van der Waals surface area contributed by atoms with E-state index < -0.39 is 5.91 Å². The van der Waals surface area contributed by atoms with Crippen molar-refractivity contribution in [2.75, 3.05) is 0 Å². The van der Waals surface area contributed by atoms with Crippen molar-refractivity contribution < 1.29 is 10.0 Å². The van der Waals surface area contributed by atoms with E-state index in [2.05, 4.69) is 5.10 Å². The van der Waals surface area contributed by atoms with Gasteiger partial charge in [-0.2, -0.15) is 5.10 Å². The molecule has 66 valence electrons. The maximum absolute atomic E-state index is 10.8. The predicted octanol–water partition coefficient (Wildman–Crippen LogP) is 0.583. The fourth-order valence-electron chi connectivity index (χ4n) is 0.802. The zero-order valence-corrected chi connectivity index (χ0v) is 6.98. The van der Waals surface area contributed by atoms with Crippen LogP contribution in [0.1, 0.15) is 30.2 Å². The molecule has 0 bridgehead atoms. The van der Waals surface area contributed by atoms with Crippen molar-refractivity contribution in [3.8, 4) is 0 Å². The number of nitrogens with one attached hydrogen (secondary N) is 1. The molecule has 5 nitrogen and oxygen atoms in total. The third-order valence-corrected chi connectivity index (χ3v) is 1.49. The van der Waals surface area contributed by atoms with Crippen molar-refractivity contribution in [3.63, 3.8) is 0 Å². The molecule has 2 N–H and O–H groups in total. The summed E-state index contributed by atoms with van der Waals surface area (Å²) in [6.45, 7) is 3.90. The number of hydroxylamine groups is 1. The van der Waals surface area contributed by atoms with Gasteiger partial charge in [0.15, 0.2) is 0 Å². The van der Waals surface area contributed by atoms with E-state index in [-0.39, 0.29) is 6.04 Å².